The number of nitrogens with one attached hydrogen (secondary N) is 1. The van der Waals surface area contributed by atoms with Crippen LogP contribution in [0.3, 0.4) is 0 Å². The number of ether oxygens (including phenoxy) is 5. The number of rotatable bonds is 12. The molecule has 3 aromatic carbocycles. The predicted molar refractivity (Wildman–Crippen MR) is 155 cm³/mol. The third kappa shape index (κ3) is 8.48. The fourth-order valence-electron chi connectivity index (χ4n) is 4.24. The largest absolute Gasteiger partial charge is 0.497 e. The number of hydrogen-bond acceptors (Lipinski definition) is 8. The van der Waals surface area contributed by atoms with Crippen LogP contribution < -0.4 is 19.5 Å². The van der Waals surface area contributed by atoms with Crippen molar-refractivity contribution in [3.63, 3.8) is 0 Å². The number of carbonyl (C=O) groups excluding carboxylic acids is 2. The first kappa shape index (κ1) is 31.7. The highest BCUT2D eigenvalue weighted by molar-refractivity contribution is 6.10. The summed E-state index contributed by atoms with van der Waals surface area (Å²) in [6.07, 6.45) is -0.118. The molecule has 0 spiro atoms. The smallest absolute Gasteiger partial charge is 0.323 e. The lowest BCUT2D eigenvalue weighted by molar-refractivity contribution is -0.151. The molecule has 0 fully saturated rings. The van der Waals surface area contributed by atoms with Gasteiger partial charge in [0, 0.05) is 13.0 Å². The molecule has 0 aromatic heterocycles. The van der Waals surface area contributed by atoms with Gasteiger partial charge in [0.2, 0.25) is 0 Å². The molecule has 0 amide bonds. The summed E-state index contributed by atoms with van der Waals surface area (Å²) in [6.45, 7) is 11.6. The molecule has 3 rings (SSSR count). The fourth-order valence-corrected chi connectivity index (χ4v) is 4.24. The van der Waals surface area contributed by atoms with Crippen LogP contribution in [0.15, 0.2) is 36.4 Å². The first-order chi connectivity index (χ1) is 18.7. The van der Waals surface area contributed by atoms with Crippen LogP contribution >= 0.6 is 0 Å². The Morgan fingerprint density at radius 3 is 1.95 bits per heavy atom. The van der Waals surface area contributed by atoms with Gasteiger partial charge in [0.05, 0.1) is 33.5 Å². The summed E-state index contributed by atoms with van der Waals surface area (Å²) in [5, 5.41) is 7.25. The van der Waals surface area contributed by atoms with Crippen molar-refractivity contribution in [3.05, 3.63) is 42.0 Å². The summed E-state index contributed by atoms with van der Waals surface area (Å²) in [5.41, 5.74) is 0.959. The SMILES string of the molecule is CC.COc1ccc2cc(CNC(CCC(=O)OC(C)C)C(=O)OC(C)C)c3cc(OC)c(OC)cc3c2c1. The van der Waals surface area contributed by atoms with Gasteiger partial charge >= 0.3 is 11.9 Å². The number of carbonyl (C=O) groups is 2. The molecule has 0 saturated heterocycles. The molecule has 0 heterocycles. The Morgan fingerprint density at radius 2 is 1.38 bits per heavy atom. The number of esters is 2. The van der Waals surface area contributed by atoms with Gasteiger partial charge in [-0.05, 0) is 91.6 Å². The summed E-state index contributed by atoms with van der Waals surface area (Å²) in [6, 6.07) is 11.2. The van der Waals surface area contributed by atoms with Crippen molar-refractivity contribution in [2.45, 2.75) is 79.2 Å². The lowest BCUT2D eigenvalue weighted by Gasteiger charge is -2.21. The van der Waals surface area contributed by atoms with Crippen molar-refractivity contribution in [3.8, 4) is 17.2 Å². The first-order valence-electron chi connectivity index (χ1n) is 13.5. The van der Waals surface area contributed by atoms with Gasteiger partial charge < -0.3 is 29.0 Å². The zero-order chi connectivity index (χ0) is 29.1. The summed E-state index contributed by atoms with van der Waals surface area (Å²) in [5.74, 6) is 1.22. The van der Waals surface area contributed by atoms with Crippen LogP contribution in [0.5, 0.6) is 17.2 Å². The Morgan fingerprint density at radius 1 is 0.769 bits per heavy atom. The van der Waals surface area contributed by atoms with Crippen LogP contribution in [-0.2, 0) is 25.6 Å². The second-order valence-corrected chi connectivity index (χ2v) is 9.37. The quantitative estimate of drug-likeness (QED) is 0.214. The molecular formula is C31H43NO7. The van der Waals surface area contributed by atoms with E-state index in [4.69, 9.17) is 23.7 Å². The van der Waals surface area contributed by atoms with Gasteiger partial charge in [0.15, 0.2) is 11.5 Å². The van der Waals surface area contributed by atoms with Crippen LogP contribution in [0.4, 0.5) is 0 Å². The van der Waals surface area contributed by atoms with E-state index in [0.717, 1.165) is 32.9 Å². The molecule has 214 valence electrons. The van der Waals surface area contributed by atoms with Crippen molar-refractivity contribution in [1.82, 2.24) is 5.32 Å². The second kappa shape index (κ2) is 15.2. The molecule has 1 N–H and O–H groups in total. The molecule has 1 atom stereocenters. The van der Waals surface area contributed by atoms with Crippen LogP contribution in [0, 0.1) is 0 Å². The van der Waals surface area contributed by atoms with Crippen LogP contribution in [0.25, 0.3) is 21.5 Å². The third-order valence-electron chi connectivity index (χ3n) is 5.93. The van der Waals surface area contributed by atoms with Crippen molar-refractivity contribution < 1.29 is 33.3 Å². The van der Waals surface area contributed by atoms with Gasteiger partial charge in [-0.2, -0.15) is 0 Å². The van der Waals surface area contributed by atoms with Gasteiger partial charge in [-0.1, -0.05) is 19.9 Å². The maximum absolute atomic E-state index is 12.9. The second-order valence-electron chi connectivity index (χ2n) is 9.37. The molecule has 0 aliphatic carbocycles. The monoisotopic (exact) mass is 541 g/mol. The number of hydrogen-bond donors (Lipinski definition) is 1. The van der Waals surface area contributed by atoms with Gasteiger partial charge in [0.25, 0.3) is 0 Å². The minimum absolute atomic E-state index is 0.103. The molecule has 0 radical (unpaired) electrons. The fraction of sp³-hybridized carbons (Fsp3) is 0.484. The van der Waals surface area contributed by atoms with E-state index in [1.807, 2.05) is 44.2 Å². The van der Waals surface area contributed by atoms with E-state index in [1.165, 1.54) is 0 Å². The van der Waals surface area contributed by atoms with Crippen LogP contribution in [0.2, 0.25) is 0 Å². The first-order valence-corrected chi connectivity index (χ1v) is 13.5. The van der Waals surface area contributed by atoms with Crippen molar-refractivity contribution in [1.29, 1.82) is 0 Å². The summed E-state index contributed by atoms with van der Waals surface area (Å²) >= 11 is 0. The van der Waals surface area contributed by atoms with E-state index in [-0.39, 0.29) is 31.0 Å². The molecule has 3 aromatic rings. The number of methoxy groups -OCH3 is 3. The molecule has 0 bridgehead atoms. The van der Waals surface area contributed by atoms with E-state index < -0.39 is 12.0 Å². The standard InChI is InChI=1S/C29H37NO7.C2H6/c1-17(2)36-28(31)11-10-25(29(32)37-18(3)4)30-16-20-12-19-8-9-21(33-5)13-22(19)24-15-27(35-7)26(34-6)14-23(20)24;1-2/h8-9,12-15,17-18,25,30H,10-11,16H2,1-7H3;1-2H3. The highest BCUT2D eigenvalue weighted by Crippen LogP contribution is 2.38. The Kier molecular flexibility index (Phi) is 12.3. The lowest BCUT2D eigenvalue weighted by Crippen LogP contribution is -2.39. The number of fused-ring (bicyclic) bond motifs is 3. The average Bonchev–Trinajstić information content (AvgIpc) is 2.92. The molecule has 0 saturated carbocycles. The van der Waals surface area contributed by atoms with Gasteiger partial charge in [-0.3, -0.25) is 9.59 Å². The molecule has 0 aliphatic rings. The molecule has 8 nitrogen and oxygen atoms in total. The highest BCUT2D eigenvalue weighted by Gasteiger charge is 2.23. The normalized spacial score (nSPS) is 11.7. The van der Waals surface area contributed by atoms with E-state index >= 15 is 0 Å². The average molecular weight is 542 g/mol. The molecule has 8 heteroatoms. The third-order valence-corrected chi connectivity index (χ3v) is 5.93. The minimum atomic E-state index is -0.677. The highest BCUT2D eigenvalue weighted by atomic mass is 16.5. The summed E-state index contributed by atoms with van der Waals surface area (Å²) in [4.78, 5) is 25.0. The topological polar surface area (TPSA) is 92.3 Å². The Hall–Kier alpha value is -3.52. The van der Waals surface area contributed by atoms with E-state index in [1.54, 1.807) is 49.0 Å². The Bertz CT molecular complexity index is 1250. The van der Waals surface area contributed by atoms with Crippen LogP contribution in [-0.4, -0.2) is 51.5 Å². The van der Waals surface area contributed by atoms with Gasteiger partial charge in [0.1, 0.15) is 11.8 Å². The van der Waals surface area contributed by atoms with Gasteiger partial charge in [-0.25, -0.2) is 0 Å². The summed E-state index contributed by atoms with van der Waals surface area (Å²) < 4.78 is 27.3. The van der Waals surface area contributed by atoms with Gasteiger partial charge in [-0.15, -0.1) is 0 Å². The molecule has 0 aliphatic heterocycles. The maximum Gasteiger partial charge on any atom is 0.323 e. The van der Waals surface area contributed by atoms with Crippen molar-refractivity contribution in [2.75, 3.05) is 21.3 Å². The zero-order valence-electron chi connectivity index (χ0n) is 24.7. The van der Waals surface area contributed by atoms with E-state index in [9.17, 15) is 9.59 Å². The Labute approximate surface area is 231 Å². The number of benzene rings is 3. The molecular weight excluding hydrogens is 498 g/mol. The lowest BCUT2D eigenvalue weighted by atomic mass is 9.96. The van der Waals surface area contributed by atoms with Crippen molar-refractivity contribution in [2.24, 2.45) is 0 Å². The van der Waals surface area contributed by atoms with Crippen molar-refractivity contribution >= 4 is 33.5 Å². The summed E-state index contributed by atoms with van der Waals surface area (Å²) in [7, 11) is 4.84. The van der Waals surface area contributed by atoms with E-state index in [2.05, 4.69) is 11.4 Å². The predicted octanol–water partition coefficient (Wildman–Crippen LogP) is 6.19. The molecule has 39 heavy (non-hydrogen) atoms. The maximum atomic E-state index is 12.9. The van der Waals surface area contributed by atoms with E-state index in [0.29, 0.717) is 18.0 Å². The van der Waals surface area contributed by atoms with Crippen LogP contribution in [0.1, 0.15) is 59.9 Å². The Balaban J connectivity index is 0.00000260. The zero-order valence-corrected chi connectivity index (χ0v) is 24.7. The minimum Gasteiger partial charge on any atom is -0.497 e. The molecule has 1 unspecified atom stereocenters.